The van der Waals surface area contributed by atoms with Crippen LogP contribution < -0.4 is 20.5 Å². The number of para-hydroxylation sites is 1. The molecule has 3 aromatic carbocycles. The van der Waals surface area contributed by atoms with E-state index in [9.17, 15) is 9.59 Å². The predicted molar refractivity (Wildman–Crippen MR) is 116 cm³/mol. The minimum Gasteiger partial charge on any atom is -0.457 e. The summed E-state index contributed by atoms with van der Waals surface area (Å²) in [6.07, 6.45) is 1.74. The minimum atomic E-state index is -0.322. The number of hydrogen-bond acceptors (Lipinski definition) is 4. The Morgan fingerprint density at radius 2 is 1.70 bits per heavy atom. The first kappa shape index (κ1) is 19.3. The first-order valence-corrected chi connectivity index (χ1v) is 9.59. The van der Waals surface area contributed by atoms with Crippen molar-refractivity contribution in [3.8, 4) is 11.5 Å². The Hall–Kier alpha value is -4.06. The van der Waals surface area contributed by atoms with E-state index in [0.29, 0.717) is 22.8 Å². The van der Waals surface area contributed by atoms with Crippen molar-refractivity contribution in [2.75, 3.05) is 10.3 Å². The fourth-order valence-corrected chi connectivity index (χ4v) is 3.06. The maximum atomic E-state index is 12.7. The van der Waals surface area contributed by atoms with E-state index in [1.165, 1.54) is 5.01 Å². The summed E-state index contributed by atoms with van der Waals surface area (Å²) in [7, 11) is 0. The van der Waals surface area contributed by atoms with Crippen LogP contribution >= 0.6 is 0 Å². The van der Waals surface area contributed by atoms with E-state index in [-0.39, 0.29) is 18.2 Å². The number of carbonyl (C=O) groups is 2. The van der Waals surface area contributed by atoms with E-state index in [1.807, 2.05) is 61.5 Å². The Kier molecular flexibility index (Phi) is 5.48. The van der Waals surface area contributed by atoms with Crippen molar-refractivity contribution in [2.24, 2.45) is 0 Å². The summed E-state index contributed by atoms with van der Waals surface area (Å²) in [6.45, 7) is 1.95. The van der Waals surface area contributed by atoms with E-state index in [1.54, 1.807) is 30.3 Å². The maximum Gasteiger partial charge on any atom is 0.273 e. The first-order valence-electron chi connectivity index (χ1n) is 9.59. The van der Waals surface area contributed by atoms with Gasteiger partial charge in [0.15, 0.2) is 0 Å². The number of nitrogens with one attached hydrogen (secondary N) is 2. The second-order valence-electron chi connectivity index (χ2n) is 6.90. The zero-order valence-electron chi connectivity index (χ0n) is 16.5. The summed E-state index contributed by atoms with van der Waals surface area (Å²) in [5, 5.41) is 4.24. The Bertz CT molecular complexity index is 1090. The van der Waals surface area contributed by atoms with Gasteiger partial charge < -0.3 is 10.1 Å². The van der Waals surface area contributed by atoms with E-state index < -0.39 is 0 Å². The smallest absolute Gasteiger partial charge is 0.273 e. The molecule has 0 radical (unpaired) electrons. The van der Waals surface area contributed by atoms with Crippen LogP contribution in [-0.4, -0.2) is 11.8 Å². The summed E-state index contributed by atoms with van der Waals surface area (Å²) in [5.41, 5.74) is 5.59. The highest BCUT2D eigenvalue weighted by Crippen LogP contribution is 2.23. The molecule has 0 bridgehead atoms. The van der Waals surface area contributed by atoms with Gasteiger partial charge >= 0.3 is 0 Å². The average molecular weight is 399 g/mol. The van der Waals surface area contributed by atoms with Crippen LogP contribution in [0.1, 0.15) is 12.0 Å². The van der Waals surface area contributed by atoms with Gasteiger partial charge in [-0.05, 0) is 67.1 Å². The fourth-order valence-electron chi connectivity index (χ4n) is 3.06. The standard InChI is InChI=1S/C24H21N3O3/c1-17-6-5-7-19(16-17)27-23(28)15-14-22(26-27)24(29)25-18-10-12-21(13-11-18)30-20-8-3-2-4-9-20/h2-14,16,26H,15H2,1H3,(H,25,29). The minimum absolute atomic E-state index is 0.125. The van der Waals surface area contributed by atoms with Gasteiger partial charge in [0.25, 0.3) is 5.91 Å². The van der Waals surface area contributed by atoms with Crippen LogP contribution in [0.4, 0.5) is 11.4 Å². The van der Waals surface area contributed by atoms with Gasteiger partial charge in [-0.25, -0.2) is 5.01 Å². The van der Waals surface area contributed by atoms with Crippen LogP contribution in [0, 0.1) is 6.92 Å². The van der Waals surface area contributed by atoms with Gasteiger partial charge in [-0.15, -0.1) is 0 Å². The molecule has 4 rings (SSSR count). The molecule has 0 fully saturated rings. The molecule has 3 aromatic rings. The molecule has 150 valence electrons. The third-order valence-electron chi connectivity index (χ3n) is 4.56. The Balaban J connectivity index is 1.41. The van der Waals surface area contributed by atoms with Crippen LogP contribution in [0.2, 0.25) is 0 Å². The van der Waals surface area contributed by atoms with Crippen LogP contribution in [0.3, 0.4) is 0 Å². The molecule has 2 N–H and O–H groups in total. The molecule has 0 spiro atoms. The SMILES string of the molecule is Cc1cccc(N2NC(C(=O)Nc3ccc(Oc4ccccc4)cc3)=CCC2=O)c1. The number of ether oxygens (including phenoxy) is 1. The molecule has 1 aliphatic rings. The predicted octanol–water partition coefficient (Wildman–Crippen LogP) is 4.55. The molecule has 0 unspecified atom stereocenters. The van der Waals surface area contributed by atoms with Gasteiger partial charge in [0.1, 0.15) is 17.2 Å². The Labute approximate surface area is 174 Å². The number of carbonyl (C=O) groups excluding carboxylic acids is 2. The van der Waals surface area contributed by atoms with Gasteiger partial charge in [-0.2, -0.15) is 0 Å². The monoisotopic (exact) mass is 399 g/mol. The maximum absolute atomic E-state index is 12.7. The molecule has 0 atom stereocenters. The summed E-state index contributed by atoms with van der Waals surface area (Å²) in [5.74, 6) is 0.966. The van der Waals surface area contributed by atoms with Crippen molar-refractivity contribution in [3.63, 3.8) is 0 Å². The van der Waals surface area contributed by atoms with Crippen molar-refractivity contribution in [1.29, 1.82) is 0 Å². The Morgan fingerprint density at radius 1 is 0.967 bits per heavy atom. The van der Waals surface area contributed by atoms with Crippen molar-refractivity contribution in [1.82, 2.24) is 5.43 Å². The number of rotatable bonds is 5. The molecular formula is C24H21N3O3. The summed E-state index contributed by atoms with van der Waals surface area (Å²) in [4.78, 5) is 25.0. The van der Waals surface area contributed by atoms with Crippen molar-refractivity contribution in [3.05, 3.63) is 96.2 Å². The third-order valence-corrected chi connectivity index (χ3v) is 4.56. The van der Waals surface area contributed by atoms with Crippen LogP contribution in [0.15, 0.2) is 90.6 Å². The van der Waals surface area contributed by atoms with Gasteiger partial charge in [-0.3, -0.25) is 15.0 Å². The molecule has 1 aliphatic heterocycles. The lowest BCUT2D eigenvalue weighted by molar-refractivity contribution is -0.119. The van der Waals surface area contributed by atoms with Crippen molar-refractivity contribution in [2.45, 2.75) is 13.3 Å². The normalized spacial score (nSPS) is 13.3. The Morgan fingerprint density at radius 3 is 2.43 bits per heavy atom. The number of nitrogens with zero attached hydrogens (tertiary/aromatic N) is 1. The topological polar surface area (TPSA) is 70.7 Å². The lowest BCUT2D eigenvalue weighted by atomic mass is 10.2. The number of aryl methyl sites for hydroxylation is 1. The van der Waals surface area contributed by atoms with Crippen LogP contribution in [-0.2, 0) is 9.59 Å². The number of hydrogen-bond donors (Lipinski definition) is 2. The molecule has 0 aliphatic carbocycles. The number of anilines is 2. The van der Waals surface area contributed by atoms with E-state index >= 15 is 0 Å². The molecule has 6 heteroatoms. The molecular weight excluding hydrogens is 378 g/mol. The largest absolute Gasteiger partial charge is 0.457 e. The zero-order chi connectivity index (χ0) is 20.9. The lowest BCUT2D eigenvalue weighted by Crippen LogP contribution is -2.47. The number of benzene rings is 3. The van der Waals surface area contributed by atoms with Crippen LogP contribution in [0.25, 0.3) is 0 Å². The summed E-state index contributed by atoms with van der Waals surface area (Å²) < 4.78 is 5.76. The molecule has 0 saturated heterocycles. The average Bonchev–Trinajstić information content (AvgIpc) is 2.76. The van der Waals surface area contributed by atoms with Gasteiger partial charge in [-0.1, -0.05) is 30.3 Å². The number of amides is 2. The molecule has 6 nitrogen and oxygen atoms in total. The molecule has 2 amide bonds. The van der Waals surface area contributed by atoms with E-state index in [0.717, 1.165) is 11.3 Å². The first-order chi connectivity index (χ1) is 14.6. The second kappa shape index (κ2) is 8.53. The highest BCUT2D eigenvalue weighted by atomic mass is 16.5. The summed E-state index contributed by atoms with van der Waals surface area (Å²) >= 11 is 0. The molecule has 1 heterocycles. The molecule has 0 saturated carbocycles. The highest BCUT2D eigenvalue weighted by Gasteiger charge is 2.24. The summed E-state index contributed by atoms with van der Waals surface area (Å²) in [6, 6.07) is 24.1. The highest BCUT2D eigenvalue weighted by molar-refractivity contribution is 6.06. The van der Waals surface area contributed by atoms with Gasteiger partial charge in [0.2, 0.25) is 5.91 Å². The van der Waals surface area contributed by atoms with E-state index in [4.69, 9.17) is 4.74 Å². The van der Waals surface area contributed by atoms with Gasteiger partial charge in [0, 0.05) is 12.1 Å². The quantitative estimate of drug-likeness (QED) is 0.660. The van der Waals surface area contributed by atoms with Crippen LogP contribution in [0.5, 0.6) is 11.5 Å². The molecule has 30 heavy (non-hydrogen) atoms. The van der Waals surface area contributed by atoms with Crippen molar-refractivity contribution < 1.29 is 14.3 Å². The van der Waals surface area contributed by atoms with Gasteiger partial charge in [0.05, 0.1) is 5.69 Å². The van der Waals surface area contributed by atoms with Crippen molar-refractivity contribution >= 4 is 23.2 Å². The molecule has 0 aromatic heterocycles. The second-order valence-corrected chi connectivity index (χ2v) is 6.90. The fraction of sp³-hybridized carbons (Fsp3) is 0.0833. The zero-order valence-corrected chi connectivity index (χ0v) is 16.5. The van der Waals surface area contributed by atoms with E-state index in [2.05, 4.69) is 10.7 Å². The third kappa shape index (κ3) is 4.50. The number of hydrazine groups is 1. The lowest BCUT2D eigenvalue weighted by Gasteiger charge is -2.28.